The zero-order valence-electron chi connectivity index (χ0n) is 12.7. The Morgan fingerprint density at radius 1 is 1.12 bits per heavy atom. The van der Waals surface area contributed by atoms with E-state index in [2.05, 4.69) is 18.1 Å². The van der Waals surface area contributed by atoms with Crippen LogP contribution in [-0.4, -0.2) is 9.55 Å². The van der Waals surface area contributed by atoms with Crippen LogP contribution in [0.2, 0.25) is 0 Å². The van der Waals surface area contributed by atoms with Gasteiger partial charge >= 0.3 is 5.69 Å². The number of allylic oxidation sites excluding steroid dienone is 2. The molecule has 1 N–H and O–H groups in total. The summed E-state index contributed by atoms with van der Waals surface area (Å²) >= 11 is 0. The molecule has 0 aliphatic heterocycles. The van der Waals surface area contributed by atoms with E-state index >= 15 is 0 Å². The van der Waals surface area contributed by atoms with Gasteiger partial charge in [0.25, 0.3) is 11.5 Å². The molecule has 0 aliphatic carbocycles. The fourth-order valence-corrected chi connectivity index (χ4v) is 2.33. The van der Waals surface area contributed by atoms with Crippen LogP contribution in [-0.2, 0) is 12.3 Å². The van der Waals surface area contributed by atoms with Gasteiger partial charge in [0.1, 0.15) is 5.82 Å². The second kappa shape index (κ2) is 6.74. The van der Waals surface area contributed by atoms with Crippen LogP contribution in [0.3, 0.4) is 0 Å². The van der Waals surface area contributed by atoms with Gasteiger partial charge in [-0.05, 0) is 30.7 Å². The number of H-pyrrole nitrogens is 1. The molecule has 0 spiro atoms. The number of rotatable bonds is 6. The third-order valence-electron chi connectivity index (χ3n) is 3.40. The summed E-state index contributed by atoms with van der Waals surface area (Å²) in [7, 11) is 0. The maximum absolute atomic E-state index is 14.2. The van der Waals surface area contributed by atoms with Gasteiger partial charge in [-0.2, -0.15) is 8.78 Å². The lowest BCUT2D eigenvalue weighted by Crippen LogP contribution is -2.39. The van der Waals surface area contributed by atoms with E-state index in [9.17, 15) is 22.8 Å². The Morgan fingerprint density at radius 3 is 2.29 bits per heavy atom. The van der Waals surface area contributed by atoms with E-state index in [-0.39, 0.29) is 17.7 Å². The molecule has 0 saturated heterocycles. The average molecular weight is 336 g/mol. The van der Waals surface area contributed by atoms with Gasteiger partial charge in [0.2, 0.25) is 0 Å². The molecular weight excluding hydrogens is 321 g/mol. The molecule has 0 aliphatic rings. The zero-order chi connectivity index (χ0) is 17.9. The SMILES string of the molecule is C=CCc1c(C(F)(F)CC=C)[nH]c(=O)n(-c2ccc(F)cc2)c1=O. The monoisotopic (exact) mass is 336 g/mol. The molecule has 0 fully saturated rings. The number of halogens is 3. The number of aromatic nitrogens is 2. The molecule has 2 aromatic rings. The number of alkyl halides is 2. The van der Waals surface area contributed by atoms with Crippen molar-refractivity contribution in [1.29, 1.82) is 0 Å². The molecule has 24 heavy (non-hydrogen) atoms. The molecule has 1 heterocycles. The quantitative estimate of drug-likeness (QED) is 0.824. The highest BCUT2D eigenvalue weighted by molar-refractivity contribution is 5.34. The molecule has 1 aromatic carbocycles. The normalized spacial score (nSPS) is 11.3. The molecule has 7 heteroatoms. The van der Waals surface area contributed by atoms with Gasteiger partial charge in [-0.25, -0.2) is 13.8 Å². The fourth-order valence-electron chi connectivity index (χ4n) is 2.33. The molecule has 0 saturated carbocycles. The summed E-state index contributed by atoms with van der Waals surface area (Å²) in [6.45, 7) is 6.70. The molecule has 0 amide bonds. The molecule has 2 rings (SSSR count). The highest BCUT2D eigenvalue weighted by Crippen LogP contribution is 2.31. The second-order valence-corrected chi connectivity index (χ2v) is 5.09. The van der Waals surface area contributed by atoms with Crippen LogP contribution < -0.4 is 11.2 Å². The number of aromatic amines is 1. The van der Waals surface area contributed by atoms with Crippen molar-refractivity contribution >= 4 is 0 Å². The Morgan fingerprint density at radius 2 is 1.75 bits per heavy atom. The highest BCUT2D eigenvalue weighted by atomic mass is 19.3. The van der Waals surface area contributed by atoms with Crippen LogP contribution in [0.5, 0.6) is 0 Å². The summed E-state index contributed by atoms with van der Waals surface area (Å²) in [6, 6.07) is 4.56. The molecule has 0 radical (unpaired) electrons. The molecular formula is C17H15F3N2O2. The first kappa shape index (κ1) is 17.5. The van der Waals surface area contributed by atoms with Crippen molar-refractivity contribution in [2.24, 2.45) is 0 Å². The summed E-state index contributed by atoms with van der Waals surface area (Å²) in [5.74, 6) is -4.00. The zero-order valence-corrected chi connectivity index (χ0v) is 12.7. The van der Waals surface area contributed by atoms with Gasteiger partial charge in [-0.15, -0.1) is 13.2 Å². The van der Waals surface area contributed by atoms with Crippen LogP contribution in [0.4, 0.5) is 13.2 Å². The van der Waals surface area contributed by atoms with Crippen molar-refractivity contribution in [1.82, 2.24) is 9.55 Å². The number of benzene rings is 1. The Labute approximate surface area is 135 Å². The Bertz CT molecular complexity index is 880. The lowest BCUT2D eigenvalue weighted by Gasteiger charge is -2.18. The number of hydrogen-bond donors (Lipinski definition) is 1. The van der Waals surface area contributed by atoms with Gasteiger partial charge in [0.05, 0.1) is 11.4 Å². The van der Waals surface area contributed by atoms with Crippen molar-refractivity contribution < 1.29 is 13.2 Å². The fraction of sp³-hybridized carbons (Fsp3) is 0.176. The minimum absolute atomic E-state index is 0.0755. The maximum atomic E-state index is 14.2. The van der Waals surface area contributed by atoms with E-state index in [4.69, 9.17) is 0 Å². The molecule has 0 atom stereocenters. The number of hydrogen-bond acceptors (Lipinski definition) is 2. The van der Waals surface area contributed by atoms with E-state index in [1.54, 1.807) is 0 Å². The summed E-state index contributed by atoms with van der Waals surface area (Å²) in [5.41, 5.74) is -2.88. The molecule has 0 bridgehead atoms. The minimum Gasteiger partial charge on any atom is -0.305 e. The van der Waals surface area contributed by atoms with Crippen molar-refractivity contribution in [3.63, 3.8) is 0 Å². The van der Waals surface area contributed by atoms with Crippen LogP contribution in [0.15, 0.2) is 59.2 Å². The van der Waals surface area contributed by atoms with E-state index in [0.29, 0.717) is 4.57 Å². The van der Waals surface area contributed by atoms with Crippen molar-refractivity contribution in [3.8, 4) is 5.69 Å². The van der Waals surface area contributed by atoms with Gasteiger partial charge in [-0.3, -0.25) is 4.79 Å². The predicted octanol–water partition coefficient (Wildman–Crippen LogP) is 3.06. The van der Waals surface area contributed by atoms with Crippen LogP contribution >= 0.6 is 0 Å². The lowest BCUT2D eigenvalue weighted by molar-refractivity contribution is -0.00689. The first-order valence-electron chi connectivity index (χ1n) is 7.06. The topological polar surface area (TPSA) is 54.9 Å². The smallest absolute Gasteiger partial charge is 0.305 e. The van der Waals surface area contributed by atoms with Crippen molar-refractivity contribution in [2.45, 2.75) is 18.8 Å². The first-order chi connectivity index (χ1) is 11.3. The maximum Gasteiger partial charge on any atom is 0.333 e. The summed E-state index contributed by atoms with van der Waals surface area (Å²) in [5, 5.41) is 0. The Balaban J connectivity index is 2.78. The van der Waals surface area contributed by atoms with Gasteiger partial charge in [0, 0.05) is 12.0 Å². The van der Waals surface area contributed by atoms with Gasteiger partial charge in [0.15, 0.2) is 0 Å². The van der Waals surface area contributed by atoms with E-state index in [0.717, 1.165) is 18.2 Å². The molecule has 1 aromatic heterocycles. The minimum atomic E-state index is -3.44. The summed E-state index contributed by atoms with van der Waals surface area (Å²) < 4.78 is 42.1. The van der Waals surface area contributed by atoms with Gasteiger partial charge < -0.3 is 4.98 Å². The highest BCUT2D eigenvalue weighted by Gasteiger charge is 2.35. The van der Waals surface area contributed by atoms with Crippen LogP contribution in [0, 0.1) is 5.82 Å². The largest absolute Gasteiger partial charge is 0.333 e. The average Bonchev–Trinajstić information content (AvgIpc) is 2.51. The summed E-state index contributed by atoms with van der Waals surface area (Å²) in [6.07, 6.45) is 1.41. The second-order valence-electron chi connectivity index (χ2n) is 5.09. The molecule has 0 unspecified atom stereocenters. The lowest BCUT2D eigenvalue weighted by atomic mass is 10.0. The van der Waals surface area contributed by atoms with Gasteiger partial charge in [-0.1, -0.05) is 12.2 Å². The van der Waals surface area contributed by atoms with E-state index < -0.39 is 35.1 Å². The summed E-state index contributed by atoms with van der Waals surface area (Å²) in [4.78, 5) is 26.8. The Kier molecular flexibility index (Phi) is 4.92. The van der Waals surface area contributed by atoms with Crippen LogP contribution in [0.1, 0.15) is 17.7 Å². The third kappa shape index (κ3) is 3.24. The first-order valence-corrected chi connectivity index (χ1v) is 7.06. The molecule has 4 nitrogen and oxygen atoms in total. The van der Waals surface area contributed by atoms with E-state index in [1.165, 1.54) is 18.2 Å². The number of nitrogens with one attached hydrogen (secondary N) is 1. The van der Waals surface area contributed by atoms with E-state index in [1.807, 2.05) is 0 Å². The molecule has 126 valence electrons. The van der Waals surface area contributed by atoms with Crippen LogP contribution in [0.25, 0.3) is 5.69 Å². The van der Waals surface area contributed by atoms with Crippen molar-refractivity contribution in [2.75, 3.05) is 0 Å². The Hall–Kier alpha value is -2.83. The number of nitrogens with zero attached hydrogens (tertiary/aromatic N) is 1. The standard InChI is InChI=1S/C17H15F3N2O2/c1-3-5-13-14(17(19,20)10-4-2)21-16(24)22(15(13)23)12-8-6-11(18)7-9-12/h3-4,6-9H,1-2,5,10H2,(H,21,24). The predicted molar refractivity (Wildman–Crippen MR) is 85.2 cm³/mol. The third-order valence-corrected chi connectivity index (χ3v) is 3.40. The van der Waals surface area contributed by atoms with Crippen molar-refractivity contribution in [3.05, 3.63) is 87.5 Å².